The van der Waals surface area contributed by atoms with Gasteiger partial charge in [0.15, 0.2) is 0 Å². The molecule has 20 heavy (non-hydrogen) atoms. The predicted octanol–water partition coefficient (Wildman–Crippen LogP) is 1.03. The van der Waals surface area contributed by atoms with Crippen LogP contribution in [0.4, 0.5) is 5.95 Å². The third-order valence-corrected chi connectivity index (χ3v) is 6.68. The molecule has 0 saturated carbocycles. The number of halogens is 1. The second kappa shape index (κ2) is 5.32. The lowest BCUT2D eigenvalue weighted by Gasteiger charge is -2.33. The second-order valence-electron chi connectivity index (χ2n) is 4.26. The zero-order chi connectivity index (χ0) is 14.2. The number of anilines is 1. The number of rotatable bonds is 3. The van der Waals surface area contributed by atoms with E-state index in [1.165, 1.54) is 10.6 Å². The average Bonchev–Trinajstić information content (AvgIpc) is 3.10. The first-order chi connectivity index (χ1) is 9.57. The number of H-pyrrole nitrogens is 1. The van der Waals surface area contributed by atoms with Gasteiger partial charge in [-0.15, -0.1) is 11.3 Å². The van der Waals surface area contributed by atoms with E-state index in [0.717, 1.165) is 11.3 Å². The van der Waals surface area contributed by atoms with E-state index in [9.17, 15) is 8.42 Å². The molecule has 1 aliphatic heterocycles. The highest BCUT2D eigenvalue weighted by Gasteiger charge is 2.30. The van der Waals surface area contributed by atoms with E-state index in [1.54, 1.807) is 12.1 Å². The van der Waals surface area contributed by atoms with Crippen LogP contribution in [0.3, 0.4) is 0 Å². The summed E-state index contributed by atoms with van der Waals surface area (Å²) in [5.41, 5.74) is 0. The molecule has 0 bridgehead atoms. The number of nitrogens with one attached hydrogen (secondary N) is 1. The molecule has 1 N–H and O–H groups in total. The first-order valence-corrected chi connectivity index (χ1v) is 8.56. The van der Waals surface area contributed by atoms with Gasteiger partial charge in [-0.1, -0.05) is 11.6 Å². The van der Waals surface area contributed by atoms with Crippen molar-refractivity contribution in [2.24, 2.45) is 0 Å². The molecule has 0 aromatic carbocycles. The van der Waals surface area contributed by atoms with Crippen LogP contribution in [0.2, 0.25) is 4.34 Å². The van der Waals surface area contributed by atoms with Crippen molar-refractivity contribution in [2.75, 3.05) is 31.1 Å². The van der Waals surface area contributed by atoms with Gasteiger partial charge in [-0.05, 0) is 12.1 Å². The molecule has 1 fully saturated rings. The average molecular weight is 334 g/mol. The van der Waals surface area contributed by atoms with Crippen LogP contribution in [0.1, 0.15) is 0 Å². The standard InChI is InChI=1S/C10H12ClN5O2S2/c11-8-1-2-9(19-8)20(17,18)16-5-3-15(4-6-16)10-12-7-13-14-10/h1-2,7H,3-6H2,(H,12,13,14). The molecule has 0 radical (unpaired) electrons. The number of hydrogen-bond donors (Lipinski definition) is 1. The molecule has 0 aliphatic carbocycles. The van der Waals surface area contributed by atoms with Crippen molar-refractivity contribution in [3.63, 3.8) is 0 Å². The Morgan fingerprint density at radius 1 is 1.25 bits per heavy atom. The smallest absolute Gasteiger partial charge is 0.252 e. The molecule has 1 aliphatic rings. The molecule has 7 nitrogen and oxygen atoms in total. The summed E-state index contributed by atoms with van der Waals surface area (Å²) in [5, 5.41) is 6.57. The molecule has 3 heterocycles. The normalized spacial score (nSPS) is 17.6. The van der Waals surface area contributed by atoms with Crippen molar-refractivity contribution in [3.05, 3.63) is 22.8 Å². The molecule has 0 spiro atoms. The van der Waals surface area contributed by atoms with Crippen LogP contribution >= 0.6 is 22.9 Å². The zero-order valence-corrected chi connectivity index (χ0v) is 12.7. The number of nitrogens with zero attached hydrogens (tertiary/aromatic N) is 4. The van der Waals surface area contributed by atoms with Crippen LogP contribution in [0.15, 0.2) is 22.7 Å². The topological polar surface area (TPSA) is 82.2 Å². The van der Waals surface area contributed by atoms with Gasteiger partial charge < -0.3 is 4.90 Å². The number of thiophene rings is 1. The fraction of sp³-hybridized carbons (Fsp3) is 0.400. The Morgan fingerprint density at radius 2 is 2.00 bits per heavy atom. The molecule has 1 saturated heterocycles. The lowest BCUT2D eigenvalue weighted by atomic mass is 10.4. The Bertz CT molecular complexity index is 676. The van der Waals surface area contributed by atoms with Crippen LogP contribution in [-0.2, 0) is 10.0 Å². The van der Waals surface area contributed by atoms with Crippen LogP contribution in [0.5, 0.6) is 0 Å². The predicted molar refractivity (Wildman–Crippen MR) is 76.7 cm³/mol. The van der Waals surface area contributed by atoms with Crippen molar-refractivity contribution in [2.45, 2.75) is 4.21 Å². The van der Waals surface area contributed by atoms with Crippen molar-refractivity contribution < 1.29 is 8.42 Å². The van der Waals surface area contributed by atoms with Crippen LogP contribution in [0.25, 0.3) is 0 Å². The van der Waals surface area contributed by atoms with E-state index >= 15 is 0 Å². The minimum absolute atomic E-state index is 0.288. The van der Waals surface area contributed by atoms with Gasteiger partial charge in [0, 0.05) is 26.2 Å². The van der Waals surface area contributed by atoms with E-state index in [2.05, 4.69) is 15.2 Å². The van der Waals surface area contributed by atoms with E-state index in [4.69, 9.17) is 11.6 Å². The molecule has 2 aromatic heterocycles. The summed E-state index contributed by atoms with van der Waals surface area (Å²) in [7, 11) is -3.44. The molecule has 0 amide bonds. The first-order valence-electron chi connectivity index (χ1n) is 5.93. The molecule has 108 valence electrons. The Morgan fingerprint density at radius 3 is 2.55 bits per heavy atom. The van der Waals surface area contributed by atoms with Gasteiger partial charge in [0.1, 0.15) is 10.5 Å². The maximum atomic E-state index is 12.4. The maximum absolute atomic E-state index is 12.4. The zero-order valence-electron chi connectivity index (χ0n) is 10.4. The van der Waals surface area contributed by atoms with Crippen molar-refractivity contribution in [1.29, 1.82) is 0 Å². The largest absolute Gasteiger partial charge is 0.339 e. The van der Waals surface area contributed by atoms with Gasteiger partial charge in [-0.2, -0.15) is 14.4 Å². The fourth-order valence-electron chi connectivity index (χ4n) is 2.06. The monoisotopic (exact) mass is 333 g/mol. The summed E-state index contributed by atoms with van der Waals surface area (Å²) in [6.45, 7) is 1.98. The highest BCUT2D eigenvalue weighted by atomic mass is 35.5. The second-order valence-corrected chi connectivity index (χ2v) is 8.14. The molecule has 10 heteroatoms. The Kier molecular flexibility index (Phi) is 3.67. The lowest BCUT2D eigenvalue weighted by Crippen LogP contribution is -2.48. The fourth-order valence-corrected chi connectivity index (χ4v) is 5.11. The number of sulfonamides is 1. The van der Waals surface area contributed by atoms with E-state index in [-0.39, 0.29) is 4.21 Å². The summed E-state index contributed by atoms with van der Waals surface area (Å²) < 4.78 is 27.1. The highest BCUT2D eigenvalue weighted by Crippen LogP contribution is 2.28. The molecular weight excluding hydrogens is 322 g/mol. The number of aromatic nitrogens is 3. The van der Waals surface area contributed by atoms with E-state index in [0.29, 0.717) is 36.5 Å². The van der Waals surface area contributed by atoms with Gasteiger partial charge in [0.05, 0.1) is 4.34 Å². The number of hydrogen-bond acceptors (Lipinski definition) is 6. The number of aromatic amines is 1. The minimum Gasteiger partial charge on any atom is -0.339 e. The molecule has 2 aromatic rings. The van der Waals surface area contributed by atoms with Crippen LogP contribution in [0, 0.1) is 0 Å². The third-order valence-electron chi connectivity index (χ3n) is 3.08. The highest BCUT2D eigenvalue weighted by molar-refractivity contribution is 7.91. The molecule has 0 atom stereocenters. The Labute approximate surface area is 125 Å². The minimum atomic E-state index is -3.44. The summed E-state index contributed by atoms with van der Waals surface area (Å²) in [5.74, 6) is 0.668. The van der Waals surface area contributed by atoms with Gasteiger partial charge in [0.2, 0.25) is 5.95 Å². The van der Waals surface area contributed by atoms with Crippen molar-refractivity contribution in [3.8, 4) is 0 Å². The lowest BCUT2D eigenvalue weighted by molar-refractivity contribution is 0.383. The van der Waals surface area contributed by atoms with Gasteiger partial charge >= 0.3 is 0 Å². The van der Waals surface area contributed by atoms with Crippen LogP contribution < -0.4 is 4.90 Å². The first kappa shape index (κ1) is 13.8. The third kappa shape index (κ3) is 2.53. The van der Waals surface area contributed by atoms with E-state index < -0.39 is 10.0 Å². The summed E-state index contributed by atoms with van der Waals surface area (Å²) >= 11 is 6.88. The SMILES string of the molecule is O=S(=O)(c1ccc(Cl)s1)N1CCN(c2ncn[nH]2)CC1. The van der Waals surface area contributed by atoms with Gasteiger partial charge in [-0.25, -0.2) is 13.5 Å². The van der Waals surface area contributed by atoms with Gasteiger partial charge in [0.25, 0.3) is 10.0 Å². The quantitative estimate of drug-likeness (QED) is 0.907. The number of piperazine rings is 1. The Balaban J connectivity index is 1.72. The van der Waals surface area contributed by atoms with E-state index in [1.807, 2.05) is 4.90 Å². The van der Waals surface area contributed by atoms with Gasteiger partial charge in [-0.3, -0.25) is 0 Å². The Hall–Kier alpha value is -1.16. The molecule has 0 unspecified atom stereocenters. The van der Waals surface area contributed by atoms with Crippen molar-refractivity contribution in [1.82, 2.24) is 19.5 Å². The summed E-state index contributed by atoms with van der Waals surface area (Å²) in [6.07, 6.45) is 1.44. The molecule has 3 rings (SSSR count). The molecular formula is C10H12ClN5O2S2. The maximum Gasteiger partial charge on any atom is 0.252 e. The van der Waals surface area contributed by atoms with Crippen molar-refractivity contribution >= 4 is 38.9 Å². The van der Waals surface area contributed by atoms with Crippen LogP contribution in [-0.4, -0.2) is 54.1 Å². The summed E-state index contributed by atoms with van der Waals surface area (Å²) in [6, 6.07) is 3.15. The summed E-state index contributed by atoms with van der Waals surface area (Å²) in [4.78, 5) is 6.04.